The van der Waals surface area contributed by atoms with Gasteiger partial charge in [0.1, 0.15) is 0 Å². The van der Waals surface area contributed by atoms with Crippen LogP contribution in [0.5, 0.6) is 0 Å². The van der Waals surface area contributed by atoms with Crippen molar-refractivity contribution in [3.05, 3.63) is 80.6 Å². The summed E-state index contributed by atoms with van der Waals surface area (Å²) in [4.78, 5) is 0. The maximum absolute atomic E-state index is 6.94. The van der Waals surface area contributed by atoms with E-state index in [0.717, 1.165) is 9.52 Å². The molecule has 0 spiro atoms. The number of rotatable bonds is 0. The van der Waals surface area contributed by atoms with Gasteiger partial charge < -0.3 is 50.3 Å². The standard InChI is InChI=1S/C5H5.C4H10N.C2H7Si.6CH3.Ti/c1-2-4-5-3-1;1-4(2,3)5;1-3-2;;;;;;;/h1-5H;5H,1-3H3;3H,1-2H3;6*1H3;/q2*-1;;6*-1;. The fraction of sp³-hybridized carbons (Fsp3) is 0.353. The molecule has 0 saturated carbocycles. The summed E-state index contributed by atoms with van der Waals surface area (Å²) in [6.45, 7) is 9.98. The van der Waals surface area contributed by atoms with E-state index in [4.69, 9.17) is 5.73 Å². The van der Waals surface area contributed by atoms with E-state index in [1.807, 2.05) is 51.1 Å². The van der Waals surface area contributed by atoms with Gasteiger partial charge in [0.25, 0.3) is 0 Å². The van der Waals surface area contributed by atoms with Gasteiger partial charge >= 0.3 is 0 Å². The van der Waals surface area contributed by atoms with Gasteiger partial charge in [0.2, 0.25) is 0 Å². The van der Waals surface area contributed by atoms with E-state index >= 15 is 0 Å². The van der Waals surface area contributed by atoms with Crippen molar-refractivity contribution in [3.8, 4) is 0 Å². The van der Waals surface area contributed by atoms with Crippen LogP contribution in [0.25, 0.3) is 5.73 Å². The van der Waals surface area contributed by atoms with E-state index in [1.54, 1.807) is 0 Å². The molecule has 1 rings (SSSR count). The summed E-state index contributed by atoms with van der Waals surface area (Å²) in [5, 5.41) is 0. The molecule has 0 saturated heterocycles. The maximum Gasteiger partial charge on any atom is 0.0213 e. The molecule has 0 bridgehead atoms. The van der Waals surface area contributed by atoms with Crippen LogP contribution in [-0.4, -0.2) is 15.1 Å². The van der Waals surface area contributed by atoms with Crippen molar-refractivity contribution >= 4 is 9.52 Å². The van der Waals surface area contributed by atoms with E-state index < -0.39 is 0 Å². The molecule has 0 fully saturated rings. The molecule has 1 aromatic rings. The topological polar surface area (TPSA) is 23.8 Å². The van der Waals surface area contributed by atoms with Crippen molar-refractivity contribution in [3.63, 3.8) is 0 Å². The maximum atomic E-state index is 6.94. The minimum atomic E-state index is -0.250. The Balaban J connectivity index is -0.0000000113. The molecule has 1 aromatic carbocycles. The van der Waals surface area contributed by atoms with Crippen LogP contribution in [0.15, 0.2) is 30.3 Å². The van der Waals surface area contributed by atoms with Gasteiger partial charge in [-0.05, 0) is 0 Å². The molecule has 1 N–H and O–H groups in total. The monoisotopic (exact) mass is 334 g/mol. The molecular weight excluding hydrogens is 294 g/mol. The summed E-state index contributed by atoms with van der Waals surface area (Å²) in [5.74, 6) is 0. The molecule has 1 radical (unpaired) electrons. The smallest absolute Gasteiger partial charge is 0.0213 e. The second kappa shape index (κ2) is 42.7. The Morgan fingerprint density at radius 3 is 1.00 bits per heavy atom. The van der Waals surface area contributed by atoms with E-state index in [9.17, 15) is 0 Å². The van der Waals surface area contributed by atoms with E-state index in [2.05, 4.69) is 13.1 Å². The SMILES string of the molecule is CC(C)(C)[NH-].C[SiH]C.[CH3-].[CH3-].[CH3-].[CH3-].[CH3-].[CH3-].[Ti].c1cc[cH-]c1. The molecule has 0 aliphatic carbocycles. The molecule has 0 heterocycles. The van der Waals surface area contributed by atoms with Crippen molar-refractivity contribution < 1.29 is 21.7 Å². The molecule has 0 aromatic heterocycles. The number of hydrogen-bond donors (Lipinski definition) is 0. The van der Waals surface area contributed by atoms with Crippen LogP contribution < -0.4 is 0 Å². The molecule has 0 aliphatic rings. The zero-order valence-electron chi connectivity index (χ0n) is 16.0. The van der Waals surface area contributed by atoms with Crippen molar-refractivity contribution in [2.45, 2.75) is 39.4 Å². The first-order chi connectivity index (χ1) is 5.91. The fourth-order valence-electron chi connectivity index (χ4n) is 0.321. The second-order valence-electron chi connectivity index (χ2n) is 3.79. The summed E-state index contributed by atoms with van der Waals surface area (Å²) in [5.41, 5.74) is 6.69. The largest absolute Gasteiger partial charge is 0.673 e. The average Bonchev–Trinajstić information content (AvgIpc) is 2.36. The van der Waals surface area contributed by atoms with Gasteiger partial charge in [-0.3, -0.25) is 0 Å². The first-order valence-corrected chi connectivity index (χ1v) is 6.88. The normalized spacial score (nSPS) is 5.90. The summed E-state index contributed by atoms with van der Waals surface area (Å²) >= 11 is 0. The van der Waals surface area contributed by atoms with Crippen LogP contribution in [0, 0.1) is 44.6 Å². The van der Waals surface area contributed by atoms with Gasteiger partial charge in [-0.25, -0.2) is 12.1 Å². The van der Waals surface area contributed by atoms with Crippen molar-refractivity contribution in [1.82, 2.24) is 0 Å². The Hall–Kier alpha value is 0.241. The molecule has 20 heavy (non-hydrogen) atoms. The van der Waals surface area contributed by atoms with E-state index in [1.165, 1.54) is 0 Å². The molecule has 1 nitrogen and oxygen atoms in total. The summed E-state index contributed by atoms with van der Waals surface area (Å²) in [6, 6.07) is 10.0. The third-order valence-electron chi connectivity index (χ3n) is 0.556. The van der Waals surface area contributed by atoms with E-state index in [0.29, 0.717) is 0 Å². The number of hydrogen-bond acceptors (Lipinski definition) is 0. The quantitative estimate of drug-likeness (QED) is 0.384. The minimum Gasteiger partial charge on any atom is -0.673 e. The van der Waals surface area contributed by atoms with Crippen LogP contribution >= 0.6 is 0 Å². The molecule has 0 amide bonds. The second-order valence-corrected chi connectivity index (χ2v) is 4.94. The Morgan fingerprint density at radius 2 is 0.950 bits per heavy atom. The van der Waals surface area contributed by atoms with Crippen LogP contribution in [0.4, 0.5) is 0 Å². The predicted octanol–water partition coefficient (Wildman–Crippen LogP) is 6.46. The van der Waals surface area contributed by atoms with Gasteiger partial charge in [0, 0.05) is 31.2 Å². The fourth-order valence-corrected chi connectivity index (χ4v) is 0.321. The summed E-state index contributed by atoms with van der Waals surface area (Å²) < 4.78 is 0. The Labute approximate surface area is 151 Å². The van der Waals surface area contributed by atoms with Gasteiger partial charge in [0.05, 0.1) is 0 Å². The summed E-state index contributed by atoms with van der Waals surface area (Å²) in [7, 11) is 0.750. The predicted molar refractivity (Wildman–Crippen MR) is 103 cm³/mol. The van der Waals surface area contributed by atoms with Gasteiger partial charge in [-0.1, -0.05) is 33.9 Å². The Morgan fingerprint density at radius 1 is 0.800 bits per heavy atom. The number of nitrogens with one attached hydrogen (secondary N) is 1. The van der Waals surface area contributed by atoms with Crippen LogP contribution in [0.1, 0.15) is 20.8 Å². The Kier molecular flexibility index (Phi) is 127. The van der Waals surface area contributed by atoms with Crippen LogP contribution in [-0.2, 0) is 21.7 Å². The zero-order valence-corrected chi connectivity index (χ0v) is 18.7. The summed E-state index contributed by atoms with van der Waals surface area (Å²) in [6.07, 6.45) is 0. The van der Waals surface area contributed by atoms with Gasteiger partial charge in [0.15, 0.2) is 0 Å². The first kappa shape index (κ1) is 59.3. The molecule has 3 heteroatoms. The van der Waals surface area contributed by atoms with Crippen molar-refractivity contribution in [2.75, 3.05) is 0 Å². The van der Waals surface area contributed by atoms with Crippen LogP contribution in [0.2, 0.25) is 13.1 Å². The van der Waals surface area contributed by atoms with Gasteiger partial charge in [-0.15, -0.1) is 5.54 Å². The van der Waals surface area contributed by atoms with Crippen molar-refractivity contribution in [2.24, 2.45) is 0 Å². The molecule has 0 unspecified atom stereocenters. The molecule has 129 valence electrons. The third-order valence-corrected chi connectivity index (χ3v) is 0.556. The third kappa shape index (κ3) is 197. The van der Waals surface area contributed by atoms with Gasteiger partial charge in [-0.2, -0.15) is 18.2 Å². The van der Waals surface area contributed by atoms with Crippen molar-refractivity contribution in [1.29, 1.82) is 0 Å². The molecule has 0 aliphatic heterocycles. The first-order valence-electron chi connectivity index (χ1n) is 4.57. The Bertz CT molecular complexity index is 135. The molecular formula is C17H40NSiTi-8. The molecule has 0 atom stereocenters. The average molecular weight is 334 g/mol. The van der Waals surface area contributed by atoms with E-state index in [-0.39, 0.29) is 71.8 Å². The minimum absolute atomic E-state index is 0. The zero-order chi connectivity index (χ0) is 10.7. The van der Waals surface area contributed by atoms with Crippen LogP contribution in [0.3, 0.4) is 0 Å².